The summed E-state index contributed by atoms with van der Waals surface area (Å²) in [5, 5.41) is 3.31. The number of benzene rings is 2. The molecule has 0 amide bonds. The van der Waals surface area contributed by atoms with E-state index in [-0.39, 0.29) is 5.82 Å². The van der Waals surface area contributed by atoms with E-state index < -0.39 is 13.7 Å². The molecule has 1 aliphatic rings. The first-order valence-electron chi connectivity index (χ1n) is 5.28. The van der Waals surface area contributed by atoms with Crippen LogP contribution >= 0.6 is 9.95 Å². The molecule has 0 saturated heterocycles. The summed E-state index contributed by atoms with van der Waals surface area (Å²) in [6.07, 6.45) is 0. The molecule has 1 unspecified atom stereocenters. The minimum atomic E-state index is -1.85. The van der Waals surface area contributed by atoms with Gasteiger partial charge in [0, 0.05) is 0 Å². The van der Waals surface area contributed by atoms with E-state index in [0.29, 0.717) is 0 Å². The van der Waals surface area contributed by atoms with Crippen molar-refractivity contribution in [2.75, 3.05) is 5.32 Å². The molecule has 0 aromatic heterocycles. The number of rotatable bonds is 0. The van der Waals surface area contributed by atoms with E-state index >= 15 is 0 Å². The fourth-order valence-electron chi connectivity index (χ4n) is 1.96. The van der Waals surface area contributed by atoms with Crippen molar-refractivity contribution in [2.24, 2.45) is 0 Å². The molecule has 0 spiro atoms. The van der Waals surface area contributed by atoms with Gasteiger partial charge in [0.25, 0.3) is 0 Å². The maximum atomic E-state index is 13.3. The monoisotopic (exact) mass is 309 g/mol. The Morgan fingerprint density at radius 1 is 1.06 bits per heavy atom. The molecule has 0 aliphatic carbocycles. The van der Waals surface area contributed by atoms with Crippen LogP contribution in [0.15, 0.2) is 36.4 Å². The normalized spacial score (nSPS) is 17.0. The minimum absolute atomic E-state index is 0.221. The van der Waals surface area contributed by atoms with Crippen LogP contribution in [0.2, 0.25) is 0 Å². The fraction of sp³-hybridized carbons (Fsp3) is 0.0769. The van der Waals surface area contributed by atoms with E-state index in [9.17, 15) is 4.39 Å². The zero-order valence-electron chi connectivity index (χ0n) is 9.17. The summed E-state index contributed by atoms with van der Waals surface area (Å²) < 4.78 is 15.4. The number of hydrogen-bond acceptors (Lipinski definition) is 1. The molecule has 4 heteroatoms. The molecule has 0 fully saturated rings. The van der Waals surface area contributed by atoms with Crippen molar-refractivity contribution in [1.82, 2.24) is 0 Å². The predicted molar refractivity (Wildman–Crippen MR) is 71.7 cm³/mol. The third-order valence-electron chi connectivity index (χ3n) is 2.81. The van der Waals surface area contributed by atoms with E-state index in [4.69, 9.17) is 9.95 Å². The zero-order chi connectivity index (χ0) is 12.0. The third kappa shape index (κ3) is 1.86. The Kier molecular flexibility index (Phi) is 2.65. The summed E-state index contributed by atoms with van der Waals surface area (Å²) in [6, 6.07) is 11.0. The number of halogens is 2. The molecule has 1 nitrogen and oxygen atoms in total. The van der Waals surface area contributed by atoms with Gasteiger partial charge in [-0.15, -0.1) is 0 Å². The zero-order valence-corrected chi connectivity index (χ0v) is 11.8. The second-order valence-corrected chi connectivity index (χ2v) is 9.04. The summed E-state index contributed by atoms with van der Waals surface area (Å²) >= 11 is -1.85. The number of anilines is 2. The van der Waals surface area contributed by atoms with Gasteiger partial charge in [-0.25, -0.2) is 0 Å². The molecule has 2 aromatic rings. The molecule has 0 bridgehead atoms. The van der Waals surface area contributed by atoms with Crippen molar-refractivity contribution in [2.45, 2.75) is 6.92 Å². The van der Waals surface area contributed by atoms with Crippen molar-refractivity contribution < 1.29 is 4.39 Å². The molecule has 1 atom stereocenters. The van der Waals surface area contributed by atoms with Gasteiger partial charge in [-0.3, -0.25) is 0 Å². The summed E-state index contributed by atoms with van der Waals surface area (Å²) in [5.74, 6) is -0.221. The van der Waals surface area contributed by atoms with Crippen LogP contribution < -0.4 is 14.0 Å². The van der Waals surface area contributed by atoms with Crippen LogP contribution in [0.4, 0.5) is 15.8 Å². The quantitative estimate of drug-likeness (QED) is 0.738. The van der Waals surface area contributed by atoms with Gasteiger partial charge in [-0.2, -0.15) is 0 Å². The first kappa shape index (κ1) is 11.1. The summed E-state index contributed by atoms with van der Waals surface area (Å²) in [5.41, 5.74) is 3.19. The van der Waals surface area contributed by atoms with Crippen LogP contribution in [0, 0.1) is 12.7 Å². The molecule has 1 N–H and O–H groups in total. The van der Waals surface area contributed by atoms with Gasteiger partial charge in [0.1, 0.15) is 0 Å². The van der Waals surface area contributed by atoms with Crippen LogP contribution in [-0.4, -0.2) is 13.7 Å². The predicted octanol–water partition coefficient (Wildman–Crippen LogP) is 2.54. The second-order valence-electron chi connectivity index (χ2n) is 4.09. The Labute approximate surface area is 108 Å². The van der Waals surface area contributed by atoms with Gasteiger partial charge in [0.2, 0.25) is 0 Å². The molecular weight excluding hydrogens is 300 g/mol. The van der Waals surface area contributed by atoms with E-state index in [1.165, 1.54) is 11.6 Å². The first-order valence-corrected chi connectivity index (χ1v) is 9.62. The Balaban J connectivity index is 2.18. The van der Waals surface area contributed by atoms with E-state index in [0.717, 1.165) is 20.1 Å². The Morgan fingerprint density at radius 3 is 2.47 bits per heavy atom. The Morgan fingerprint density at radius 2 is 1.71 bits per heavy atom. The van der Waals surface area contributed by atoms with Crippen LogP contribution in [-0.2, 0) is 0 Å². The average Bonchev–Trinajstić information content (AvgIpc) is 2.32. The summed E-state index contributed by atoms with van der Waals surface area (Å²) in [7, 11) is 6.56. The maximum absolute atomic E-state index is 13.3. The molecule has 0 radical (unpaired) electrons. The van der Waals surface area contributed by atoms with E-state index in [1.807, 2.05) is 13.0 Å². The molecule has 3 rings (SSSR count). The first-order chi connectivity index (χ1) is 8.15. The fourth-order valence-corrected chi connectivity index (χ4v) is 6.55. The van der Waals surface area contributed by atoms with E-state index in [2.05, 4.69) is 17.4 Å². The van der Waals surface area contributed by atoms with Gasteiger partial charge in [0.15, 0.2) is 0 Å². The Bertz CT molecular complexity index is 548. The van der Waals surface area contributed by atoms with Crippen molar-refractivity contribution in [3.63, 3.8) is 0 Å². The third-order valence-corrected chi connectivity index (χ3v) is 8.03. The van der Waals surface area contributed by atoms with Gasteiger partial charge in [-0.1, -0.05) is 0 Å². The summed E-state index contributed by atoms with van der Waals surface area (Å²) in [6.45, 7) is 2.04. The molecule has 1 heterocycles. The van der Waals surface area contributed by atoms with Crippen LogP contribution in [0.5, 0.6) is 0 Å². The van der Waals surface area contributed by atoms with Gasteiger partial charge in [0.05, 0.1) is 0 Å². The standard InChI is InChI=1S/C13H10AsClFN/c1-8-2-4-12-10(6-8)14(15)11-7-9(16)3-5-13(11)17-12/h2-7,17H,1H3. The van der Waals surface area contributed by atoms with Crippen molar-refractivity contribution in [3.05, 3.63) is 47.8 Å². The number of aryl methyl sites for hydroxylation is 1. The topological polar surface area (TPSA) is 12.0 Å². The molecule has 2 aromatic carbocycles. The van der Waals surface area contributed by atoms with Crippen LogP contribution in [0.25, 0.3) is 0 Å². The summed E-state index contributed by atoms with van der Waals surface area (Å²) in [4.78, 5) is 0. The van der Waals surface area contributed by atoms with Crippen LogP contribution in [0.3, 0.4) is 0 Å². The van der Waals surface area contributed by atoms with Crippen molar-refractivity contribution >= 4 is 43.7 Å². The van der Waals surface area contributed by atoms with Crippen molar-refractivity contribution in [1.29, 1.82) is 0 Å². The SMILES string of the molecule is Cc1ccc2c(c1)[As](Cl)c1cc(F)ccc1N2. The van der Waals surface area contributed by atoms with Gasteiger partial charge in [-0.05, 0) is 0 Å². The molecule has 0 saturated carbocycles. The molecule has 17 heavy (non-hydrogen) atoms. The Hall–Kier alpha value is -0.982. The average molecular weight is 310 g/mol. The van der Waals surface area contributed by atoms with Crippen molar-refractivity contribution in [3.8, 4) is 0 Å². The van der Waals surface area contributed by atoms with Gasteiger partial charge < -0.3 is 0 Å². The number of nitrogens with one attached hydrogen (secondary N) is 1. The molecule has 1 aliphatic heterocycles. The van der Waals surface area contributed by atoms with E-state index in [1.54, 1.807) is 12.1 Å². The number of hydrogen-bond donors (Lipinski definition) is 1. The molecule has 86 valence electrons. The molecular formula is C13H10AsClFN. The second kappa shape index (κ2) is 4.04. The number of fused-ring (bicyclic) bond motifs is 2. The van der Waals surface area contributed by atoms with Crippen LogP contribution in [0.1, 0.15) is 5.56 Å². The van der Waals surface area contributed by atoms with Gasteiger partial charge >= 0.3 is 108 Å².